The molecule has 0 heterocycles. The molecule has 0 bridgehead atoms. The first-order valence-corrected chi connectivity index (χ1v) is 10.6. The van der Waals surface area contributed by atoms with E-state index in [1.807, 2.05) is 39.8 Å². The van der Waals surface area contributed by atoms with Crippen molar-refractivity contribution in [1.29, 1.82) is 0 Å². The van der Waals surface area contributed by atoms with E-state index in [0.717, 1.165) is 29.5 Å². The number of sulfonamides is 1. The maximum atomic E-state index is 12.6. The number of hydrogen-bond donors (Lipinski definition) is 2. The van der Waals surface area contributed by atoms with Gasteiger partial charge < -0.3 is 5.32 Å². The molecule has 0 aliphatic heterocycles. The summed E-state index contributed by atoms with van der Waals surface area (Å²) in [4.78, 5) is 12.7. The summed E-state index contributed by atoms with van der Waals surface area (Å²) >= 11 is 0. The zero-order chi connectivity index (χ0) is 19.8. The molecular weight excluding hydrogens is 360 g/mol. The van der Waals surface area contributed by atoms with Gasteiger partial charge in [0.2, 0.25) is 5.91 Å². The van der Waals surface area contributed by atoms with Gasteiger partial charge in [-0.3, -0.25) is 9.52 Å². The van der Waals surface area contributed by atoms with Crippen molar-refractivity contribution in [1.82, 2.24) is 5.32 Å². The molecule has 2 aromatic rings. The summed E-state index contributed by atoms with van der Waals surface area (Å²) in [5.74, 6) is 0.0426. The smallest absolute Gasteiger partial charge is 0.261 e. The Balaban J connectivity index is 1.78. The van der Waals surface area contributed by atoms with Gasteiger partial charge in [-0.15, -0.1) is 0 Å². The van der Waals surface area contributed by atoms with Gasteiger partial charge in [0, 0.05) is 11.7 Å². The average Bonchev–Trinajstić information content (AvgIpc) is 3.39. The van der Waals surface area contributed by atoms with Crippen LogP contribution in [0.25, 0.3) is 0 Å². The van der Waals surface area contributed by atoms with Gasteiger partial charge in [0.15, 0.2) is 0 Å². The SMILES string of the molecule is Cc1ccc(S(=O)(=O)Nc2ccc(C3(C(=O)NC(C)C)CC3)cc2)cc1C. The third-order valence-corrected chi connectivity index (χ3v) is 6.46. The van der Waals surface area contributed by atoms with Crippen molar-refractivity contribution in [3.63, 3.8) is 0 Å². The zero-order valence-corrected chi connectivity index (χ0v) is 17.0. The van der Waals surface area contributed by atoms with Crippen molar-refractivity contribution >= 4 is 21.6 Å². The Bertz CT molecular complexity index is 959. The summed E-state index contributed by atoms with van der Waals surface area (Å²) in [5, 5.41) is 2.98. The summed E-state index contributed by atoms with van der Waals surface area (Å²) < 4.78 is 27.8. The molecule has 2 N–H and O–H groups in total. The van der Waals surface area contributed by atoms with Crippen molar-refractivity contribution in [2.45, 2.75) is 56.9 Å². The van der Waals surface area contributed by atoms with Crippen molar-refractivity contribution in [2.24, 2.45) is 0 Å². The number of benzene rings is 2. The lowest BCUT2D eigenvalue weighted by Gasteiger charge is -2.18. The van der Waals surface area contributed by atoms with Gasteiger partial charge in [0.25, 0.3) is 10.0 Å². The highest BCUT2D eigenvalue weighted by atomic mass is 32.2. The molecule has 1 saturated carbocycles. The second-order valence-electron chi connectivity index (χ2n) is 7.64. The highest BCUT2D eigenvalue weighted by Crippen LogP contribution is 2.48. The summed E-state index contributed by atoms with van der Waals surface area (Å²) in [6.45, 7) is 7.72. The van der Waals surface area contributed by atoms with Crippen LogP contribution in [0.15, 0.2) is 47.4 Å². The molecule has 5 nitrogen and oxygen atoms in total. The van der Waals surface area contributed by atoms with Gasteiger partial charge in [-0.25, -0.2) is 8.42 Å². The Labute approximate surface area is 161 Å². The predicted molar refractivity (Wildman–Crippen MR) is 107 cm³/mol. The number of anilines is 1. The lowest BCUT2D eigenvalue weighted by atomic mass is 9.94. The first-order chi connectivity index (χ1) is 12.6. The first-order valence-electron chi connectivity index (χ1n) is 9.16. The van der Waals surface area contributed by atoms with E-state index in [1.54, 1.807) is 30.3 Å². The molecule has 3 rings (SSSR count). The molecule has 0 aromatic heterocycles. The molecular formula is C21H26N2O3S. The molecule has 0 radical (unpaired) electrons. The Morgan fingerprint density at radius 3 is 2.15 bits per heavy atom. The molecule has 0 unspecified atom stereocenters. The maximum Gasteiger partial charge on any atom is 0.261 e. The van der Waals surface area contributed by atoms with E-state index in [1.165, 1.54) is 0 Å². The highest BCUT2D eigenvalue weighted by Gasteiger charge is 2.51. The lowest BCUT2D eigenvalue weighted by molar-refractivity contribution is -0.124. The monoisotopic (exact) mass is 386 g/mol. The number of carbonyl (C=O) groups is 1. The van der Waals surface area contributed by atoms with Crippen LogP contribution >= 0.6 is 0 Å². The van der Waals surface area contributed by atoms with Crippen LogP contribution in [0, 0.1) is 13.8 Å². The van der Waals surface area contributed by atoms with Gasteiger partial charge in [0.1, 0.15) is 0 Å². The van der Waals surface area contributed by atoms with Crippen LogP contribution in [0.1, 0.15) is 43.4 Å². The van der Waals surface area contributed by atoms with Crippen LogP contribution in [0.4, 0.5) is 5.69 Å². The molecule has 2 aromatic carbocycles. The zero-order valence-electron chi connectivity index (χ0n) is 16.2. The second kappa shape index (κ2) is 7.00. The molecule has 1 aliphatic carbocycles. The molecule has 0 atom stereocenters. The molecule has 144 valence electrons. The van der Waals surface area contributed by atoms with Crippen LogP contribution in [0.3, 0.4) is 0 Å². The van der Waals surface area contributed by atoms with Gasteiger partial charge >= 0.3 is 0 Å². The van der Waals surface area contributed by atoms with E-state index in [0.29, 0.717) is 5.69 Å². The van der Waals surface area contributed by atoms with E-state index < -0.39 is 15.4 Å². The average molecular weight is 387 g/mol. The van der Waals surface area contributed by atoms with Gasteiger partial charge in [-0.05, 0) is 81.5 Å². The van der Waals surface area contributed by atoms with E-state index in [-0.39, 0.29) is 16.8 Å². The van der Waals surface area contributed by atoms with Crippen molar-refractivity contribution in [3.8, 4) is 0 Å². The predicted octanol–water partition coefficient (Wildman–Crippen LogP) is 3.66. The molecule has 6 heteroatoms. The van der Waals surface area contributed by atoms with Crippen LogP contribution in [-0.2, 0) is 20.2 Å². The summed E-state index contributed by atoms with van der Waals surface area (Å²) in [6, 6.07) is 12.3. The standard InChI is InChI=1S/C21H26N2O3S/c1-14(2)22-20(24)21(11-12-21)17-6-8-18(9-7-17)23-27(25,26)19-10-5-15(3)16(4)13-19/h5-10,13-14,23H,11-12H2,1-4H3,(H,22,24). The molecule has 27 heavy (non-hydrogen) atoms. The Morgan fingerprint density at radius 1 is 1.00 bits per heavy atom. The van der Waals surface area contributed by atoms with Gasteiger partial charge in [0.05, 0.1) is 10.3 Å². The molecule has 0 spiro atoms. The van der Waals surface area contributed by atoms with Gasteiger partial charge in [-0.1, -0.05) is 18.2 Å². The number of hydrogen-bond acceptors (Lipinski definition) is 3. The highest BCUT2D eigenvalue weighted by molar-refractivity contribution is 7.92. The molecule has 0 saturated heterocycles. The number of amides is 1. The van der Waals surface area contributed by atoms with E-state index >= 15 is 0 Å². The molecule has 1 aliphatic rings. The number of aryl methyl sites for hydroxylation is 2. The van der Waals surface area contributed by atoms with E-state index in [2.05, 4.69) is 10.0 Å². The van der Waals surface area contributed by atoms with Crippen LogP contribution < -0.4 is 10.0 Å². The minimum absolute atomic E-state index is 0.0426. The summed E-state index contributed by atoms with van der Waals surface area (Å²) in [7, 11) is -3.65. The maximum absolute atomic E-state index is 12.6. The second-order valence-corrected chi connectivity index (χ2v) is 9.32. The minimum atomic E-state index is -3.65. The Morgan fingerprint density at radius 2 is 1.63 bits per heavy atom. The van der Waals surface area contributed by atoms with Crippen molar-refractivity contribution in [2.75, 3.05) is 4.72 Å². The van der Waals surface area contributed by atoms with Crippen LogP contribution in [0.2, 0.25) is 0 Å². The topological polar surface area (TPSA) is 75.3 Å². The quantitative estimate of drug-likeness (QED) is 0.795. The fourth-order valence-corrected chi connectivity index (χ4v) is 4.27. The van der Waals surface area contributed by atoms with Gasteiger partial charge in [-0.2, -0.15) is 0 Å². The molecule has 1 amide bonds. The van der Waals surface area contributed by atoms with Crippen molar-refractivity contribution < 1.29 is 13.2 Å². The fourth-order valence-electron chi connectivity index (χ4n) is 3.12. The largest absolute Gasteiger partial charge is 0.353 e. The Kier molecular flexibility index (Phi) is 5.04. The fraction of sp³-hybridized carbons (Fsp3) is 0.381. The number of rotatable bonds is 6. The van der Waals surface area contributed by atoms with Crippen LogP contribution in [0.5, 0.6) is 0 Å². The summed E-state index contributed by atoms with van der Waals surface area (Å²) in [6.07, 6.45) is 1.64. The van der Waals surface area contributed by atoms with E-state index in [4.69, 9.17) is 0 Å². The van der Waals surface area contributed by atoms with Crippen molar-refractivity contribution in [3.05, 3.63) is 59.2 Å². The first kappa shape index (κ1) is 19.4. The van der Waals surface area contributed by atoms with Crippen LogP contribution in [-0.4, -0.2) is 20.4 Å². The van der Waals surface area contributed by atoms with E-state index in [9.17, 15) is 13.2 Å². The third-order valence-electron chi connectivity index (χ3n) is 5.08. The normalized spacial score (nSPS) is 15.4. The summed E-state index contributed by atoms with van der Waals surface area (Å²) in [5.41, 5.74) is 2.93. The Hall–Kier alpha value is -2.34. The molecule has 1 fully saturated rings. The lowest BCUT2D eigenvalue weighted by Crippen LogP contribution is -2.38. The number of nitrogens with one attached hydrogen (secondary N) is 2. The third kappa shape index (κ3) is 4.00. The number of carbonyl (C=O) groups excluding carboxylic acids is 1. The minimum Gasteiger partial charge on any atom is -0.353 e.